The number of ether oxygens (including phenoxy) is 2. The second kappa shape index (κ2) is 10.9. The van der Waals surface area contributed by atoms with Crippen molar-refractivity contribution in [3.63, 3.8) is 0 Å². The SMILES string of the molecule is CCCCC[C@H](O)C=C[C@@H]1O[C@@H](OC)C[C@@H](O)[C@H]1CCC=O. The summed E-state index contributed by atoms with van der Waals surface area (Å²) in [6.07, 6.45) is 7.87. The molecule has 0 aromatic heterocycles. The van der Waals surface area contributed by atoms with Crippen LogP contribution in [0.3, 0.4) is 0 Å². The molecule has 0 aliphatic carbocycles. The zero-order valence-electron chi connectivity index (χ0n) is 13.7. The van der Waals surface area contributed by atoms with Gasteiger partial charge in [-0.3, -0.25) is 0 Å². The standard InChI is InChI=1S/C17H30O5/c1-3-4-5-7-13(19)9-10-16-14(8-6-11-18)15(20)12-17(21-2)22-16/h9-11,13-17,19-20H,3-8,12H2,1-2H3/t13-,14+,15+,16-,17+/m0/s1. The molecule has 0 spiro atoms. The number of hydrogen-bond acceptors (Lipinski definition) is 5. The molecule has 0 saturated carbocycles. The van der Waals surface area contributed by atoms with Gasteiger partial charge in [-0.1, -0.05) is 38.3 Å². The molecule has 0 aromatic carbocycles. The van der Waals surface area contributed by atoms with E-state index in [0.717, 1.165) is 32.0 Å². The van der Waals surface area contributed by atoms with Gasteiger partial charge in [0.2, 0.25) is 0 Å². The van der Waals surface area contributed by atoms with Crippen LogP contribution in [-0.2, 0) is 14.3 Å². The summed E-state index contributed by atoms with van der Waals surface area (Å²) >= 11 is 0. The summed E-state index contributed by atoms with van der Waals surface area (Å²) in [5, 5.41) is 20.2. The molecular formula is C17H30O5. The summed E-state index contributed by atoms with van der Waals surface area (Å²) in [6.45, 7) is 2.13. The topological polar surface area (TPSA) is 76.0 Å². The van der Waals surface area contributed by atoms with Crippen molar-refractivity contribution in [1.82, 2.24) is 0 Å². The Morgan fingerprint density at radius 1 is 1.41 bits per heavy atom. The maximum absolute atomic E-state index is 10.6. The predicted molar refractivity (Wildman–Crippen MR) is 84.4 cm³/mol. The van der Waals surface area contributed by atoms with Gasteiger partial charge < -0.3 is 24.5 Å². The van der Waals surface area contributed by atoms with Crippen molar-refractivity contribution in [2.75, 3.05) is 7.11 Å². The monoisotopic (exact) mass is 314 g/mol. The smallest absolute Gasteiger partial charge is 0.160 e. The van der Waals surface area contributed by atoms with Crippen LogP contribution in [0.1, 0.15) is 51.9 Å². The molecule has 5 heteroatoms. The molecule has 0 radical (unpaired) electrons. The van der Waals surface area contributed by atoms with Gasteiger partial charge in [0.1, 0.15) is 6.29 Å². The molecule has 128 valence electrons. The first-order chi connectivity index (χ1) is 10.6. The van der Waals surface area contributed by atoms with Crippen LogP contribution >= 0.6 is 0 Å². The molecule has 0 aromatic rings. The van der Waals surface area contributed by atoms with Crippen LogP contribution in [0.4, 0.5) is 0 Å². The Morgan fingerprint density at radius 2 is 2.18 bits per heavy atom. The zero-order valence-corrected chi connectivity index (χ0v) is 13.7. The Morgan fingerprint density at radius 3 is 2.82 bits per heavy atom. The number of carbonyl (C=O) groups is 1. The Hall–Kier alpha value is -0.750. The number of hydrogen-bond donors (Lipinski definition) is 2. The molecule has 1 aliphatic heterocycles. The van der Waals surface area contributed by atoms with Crippen LogP contribution in [0, 0.1) is 5.92 Å². The van der Waals surface area contributed by atoms with Crippen molar-refractivity contribution >= 4 is 6.29 Å². The fraction of sp³-hybridized carbons (Fsp3) is 0.824. The van der Waals surface area contributed by atoms with E-state index in [1.54, 1.807) is 19.3 Å². The third-order valence-electron chi connectivity index (χ3n) is 4.17. The fourth-order valence-electron chi connectivity index (χ4n) is 2.82. The van der Waals surface area contributed by atoms with E-state index in [4.69, 9.17) is 9.47 Å². The molecule has 5 atom stereocenters. The van der Waals surface area contributed by atoms with E-state index < -0.39 is 18.5 Å². The summed E-state index contributed by atoms with van der Waals surface area (Å²) in [6, 6.07) is 0. The molecule has 1 heterocycles. The van der Waals surface area contributed by atoms with Gasteiger partial charge in [-0.05, 0) is 12.8 Å². The molecule has 0 amide bonds. The van der Waals surface area contributed by atoms with Crippen LogP contribution in [0.5, 0.6) is 0 Å². The Bertz CT molecular complexity index is 331. The largest absolute Gasteiger partial charge is 0.393 e. The Balaban J connectivity index is 2.60. The van der Waals surface area contributed by atoms with Gasteiger partial charge in [-0.2, -0.15) is 0 Å². The average molecular weight is 314 g/mol. The lowest BCUT2D eigenvalue weighted by molar-refractivity contribution is -0.214. The first kappa shape index (κ1) is 19.3. The molecule has 1 saturated heterocycles. The van der Waals surface area contributed by atoms with Crippen molar-refractivity contribution in [3.05, 3.63) is 12.2 Å². The van der Waals surface area contributed by atoms with Crippen LogP contribution in [0.25, 0.3) is 0 Å². The molecule has 1 aliphatic rings. The highest BCUT2D eigenvalue weighted by Gasteiger charge is 2.36. The van der Waals surface area contributed by atoms with Gasteiger partial charge in [0.05, 0.1) is 18.3 Å². The zero-order chi connectivity index (χ0) is 16.4. The molecule has 1 rings (SSSR count). The summed E-state index contributed by atoms with van der Waals surface area (Å²) in [4.78, 5) is 10.6. The van der Waals surface area contributed by atoms with Crippen molar-refractivity contribution in [1.29, 1.82) is 0 Å². The van der Waals surface area contributed by atoms with E-state index in [1.165, 1.54) is 0 Å². The van der Waals surface area contributed by atoms with Crippen molar-refractivity contribution in [3.8, 4) is 0 Å². The number of aliphatic hydroxyl groups excluding tert-OH is 2. The number of unbranched alkanes of at least 4 members (excludes halogenated alkanes) is 2. The quantitative estimate of drug-likeness (QED) is 0.367. The van der Waals surface area contributed by atoms with Crippen molar-refractivity contribution < 1.29 is 24.5 Å². The molecule has 0 unspecified atom stereocenters. The van der Waals surface area contributed by atoms with E-state index in [9.17, 15) is 15.0 Å². The van der Waals surface area contributed by atoms with E-state index in [1.807, 2.05) is 0 Å². The minimum Gasteiger partial charge on any atom is -0.393 e. The average Bonchev–Trinajstić information content (AvgIpc) is 2.51. The third-order valence-corrected chi connectivity index (χ3v) is 4.17. The van der Waals surface area contributed by atoms with Crippen LogP contribution in [0.2, 0.25) is 0 Å². The molecular weight excluding hydrogens is 284 g/mol. The van der Waals surface area contributed by atoms with E-state index in [-0.39, 0.29) is 12.0 Å². The number of carbonyl (C=O) groups excluding carboxylic acids is 1. The maximum atomic E-state index is 10.6. The fourth-order valence-corrected chi connectivity index (χ4v) is 2.82. The molecule has 5 nitrogen and oxygen atoms in total. The van der Waals surface area contributed by atoms with Gasteiger partial charge in [0.25, 0.3) is 0 Å². The lowest BCUT2D eigenvalue weighted by atomic mass is 9.86. The van der Waals surface area contributed by atoms with Crippen LogP contribution < -0.4 is 0 Å². The first-order valence-corrected chi connectivity index (χ1v) is 8.28. The third kappa shape index (κ3) is 6.57. The van der Waals surface area contributed by atoms with Crippen molar-refractivity contribution in [2.45, 2.75) is 76.5 Å². The molecule has 1 fully saturated rings. The highest BCUT2D eigenvalue weighted by Crippen LogP contribution is 2.30. The molecule has 0 bridgehead atoms. The minimum atomic E-state index is -0.564. The highest BCUT2D eigenvalue weighted by molar-refractivity contribution is 5.49. The second-order valence-corrected chi connectivity index (χ2v) is 5.92. The molecule has 2 N–H and O–H groups in total. The number of aldehydes is 1. The van der Waals surface area contributed by atoms with Gasteiger partial charge in [-0.15, -0.1) is 0 Å². The predicted octanol–water partition coefficient (Wildman–Crippen LogP) is 2.20. The lowest BCUT2D eigenvalue weighted by Gasteiger charge is -2.38. The summed E-state index contributed by atoms with van der Waals surface area (Å²) in [5.74, 6) is -0.143. The van der Waals surface area contributed by atoms with Gasteiger partial charge in [0, 0.05) is 25.9 Å². The summed E-state index contributed by atoms with van der Waals surface area (Å²) in [7, 11) is 1.55. The number of methoxy groups -OCH3 is 1. The lowest BCUT2D eigenvalue weighted by Crippen LogP contribution is -2.44. The van der Waals surface area contributed by atoms with Gasteiger partial charge in [-0.25, -0.2) is 0 Å². The van der Waals surface area contributed by atoms with Gasteiger partial charge in [0.15, 0.2) is 6.29 Å². The summed E-state index contributed by atoms with van der Waals surface area (Å²) < 4.78 is 11.0. The number of rotatable bonds is 10. The van der Waals surface area contributed by atoms with E-state index in [0.29, 0.717) is 19.3 Å². The Labute approximate surface area is 133 Å². The Kier molecular flexibility index (Phi) is 9.55. The first-order valence-electron chi connectivity index (χ1n) is 8.28. The van der Waals surface area contributed by atoms with E-state index in [2.05, 4.69) is 6.92 Å². The maximum Gasteiger partial charge on any atom is 0.160 e. The number of aliphatic hydroxyl groups is 2. The van der Waals surface area contributed by atoms with Crippen LogP contribution in [-0.4, -0.2) is 48.2 Å². The normalized spacial score (nSPS) is 30.5. The minimum absolute atomic E-state index is 0.143. The second-order valence-electron chi connectivity index (χ2n) is 5.92. The highest BCUT2D eigenvalue weighted by atomic mass is 16.7. The van der Waals surface area contributed by atoms with Crippen LogP contribution in [0.15, 0.2) is 12.2 Å². The molecule has 22 heavy (non-hydrogen) atoms. The van der Waals surface area contributed by atoms with Gasteiger partial charge >= 0.3 is 0 Å². The van der Waals surface area contributed by atoms with Crippen molar-refractivity contribution in [2.24, 2.45) is 5.92 Å². The summed E-state index contributed by atoms with van der Waals surface area (Å²) in [5.41, 5.74) is 0. The van der Waals surface area contributed by atoms with E-state index >= 15 is 0 Å².